The quantitative estimate of drug-likeness (QED) is 0.293. The Balaban J connectivity index is 1.59. The van der Waals surface area contributed by atoms with Crippen molar-refractivity contribution in [1.29, 1.82) is 0 Å². The number of rotatable bonds is 8. The first kappa shape index (κ1) is 26.0. The van der Waals surface area contributed by atoms with E-state index in [1.807, 2.05) is 24.3 Å². The molecule has 10 heteroatoms. The summed E-state index contributed by atoms with van der Waals surface area (Å²) in [5.41, 5.74) is 2.11. The smallest absolute Gasteiger partial charge is 0.249 e. The zero-order valence-corrected chi connectivity index (χ0v) is 21.7. The molecule has 2 amide bonds. The first-order valence-electron chi connectivity index (χ1n) is 13.0. The van der Waals surface area contributed by atoms with E-state index in [1.165, 1.54) is 34.9 Å². The number of nitrogens with zero attached hydrogens (tertiary/aromatic N) is 4. The lowest BCUT2D eigenvalue weighted by molar-refractivity contribution is -0.127. The van der Waals surface area contributed by atoms with Crippen molar-refractivity contribution >= 4 is 28.5 Å². The maximum Gasteiger partial charge on any atom is 0.249 e. The first-order chi connectivity index (χ1) is 18.9. The molecule has 39 heavy (non-hydrogen) atoms. The van der Waals surface area contributed by atoms with Crippen LogP contribution in [0.5, 0.6) is 17.2 Å². The molecule has 1 unspecified atom stereocenters. The van der Waals surface area contributed by atoms with Gasteiger partial charge in [-0.3, -0.25) is 14.5 Å². The molecule has 0 bridgehead atoms. The number of fused-ring (bicyclic) bond motifs is 1. The molecule has 0 radical (unpaired) electrons. The van der Waals surface area contributed by atoms with Crippen LogP contribution in [0.15, 0.2) is 66.7 Å². The molecule has 3 N–H and O–H groups in total. The molecule has 1 aromatic heterocycles. The van der Waals surface area contributed by atoms with Crippen LogP contribution in [0, 0.1) is 0 Å². The van der Waals surface area contributed by atoms with E-state index in [4.69, 9.17) is 4.74 Å². The molecule has 5 rings (SSSR count). The summed E-state index contributed by atoms with van der Waals surface area (Å²) >= 11 is 0. The maximum atomic E-state index is 14.1. The van der Waals surface area contributed by atoms with Gasteiger partial charge in [-0.15, -0.1) is 5.10 Å². The van der Waals surface area contributed by atoms with Crippen molar-refractivity contribution in [1.82, 2.24) is 20.3 Å². The molecule has 0 aliphatic heterocycles. The van der Waals surface area contributed by atoms with Gasteiger partial charge in [-0.1, -0.05) is 48.7 Å². The summed E-state index contributed by atoms with van der Waals surface area (Å²) in [5, 5.41) is 31.7. The number of hydrogen-bond donors (Lipinski definition) is 3. The summed E-state index contributed by atoms with van der Waals surface area (Å²) in [4.78, 5) is 29.5. The van der Waals surface area contributed by atoms with Gasteiger partial charge in [0.05, 0.1) is 12.6 Å². The SMILES string of the molecule is COc1cccc(N(C(=O)Cn2nnc3ccccc32)C(C(=O)NC2CCCCC2)c2ccc(O)c(O)c2)c1. The number of benzene rings is 3. The second-order valence-electron chi connectivity index (χ2n) is 9.70. The van der Waals surface area contributed by atoms with Gasteiger partial charge in [-0.25, -0.2) is 4.68 Å². The lowest BCUT2D eigenvalue weighted by Gasteiger charge is -2.33. The van der Waals surface area contributed by atoms with Crippen molar-refractivity contribution in [3.05, 3.63) is 72.3 Å². The number of hydrogen-bond acceptors (Lipinski definition) is 7. The number of nitrogens with one attached hydrogen (secondary N) is 1. The van der Waals surface area contributed by atoms with Crippen LogP contribution in [0.4, 0.5) is 5.69 Å². The Morgan fingerprint density at radius 1 is 1.03 bits per heavy atom. The third-order valence-corrected chi connectivity index (χ3v) is 7.08. The van der Waals surface area contributed by atoms with E-state index in [0.29, 0.717) is 28.0 Å². The predicted molar refractivity (Wildman–Crippen MR) is 146 cm³/mol. The second-order valence-corrected chi connectivity index (χ2v) is 9.70. The highest BCUT2D eigenvalue weighted by Crippen LogP contribution is 2.35. The average molecular weight is 530 g/mol. The van der Waals surface area contributed by atoms with Gasteiger partial charge in [0.2, 0.25) is 11.8 Å². The van der Waals surface area contributed by atoms with Crippen molar-refractivity contribution in [2.45, 2.75) is 50.7 Å². The number of phenolic OH excluding ortho intramolecular Hbond substituents is 2. The minimum atomic E-state index is -1.15. The van der Waals surface area contributed by atoms with E-state index in [9.17, 15) is 19.8 Å². The van der Waals surface area contributed by atoms with E-state index in [1.54, 1.807) is 24.3 Å². The fourth-order valence-corrected chi connectivity index (χ4v) is 5.09. The van der Waals surface area contributed by atoms with Gasteiger partial charge >= 0.3 is 0 Å². The van der Waals surface area contributed by atoms with Crippen molar-refractivity contribution < 1.29 is 24.5 Å². The highest BCUT2D eigenvalue weighted by molar-refractivity contribution is 6.01. The Hall–Kier alpha value is -4.60. The summed E-state index contributed by atoms with van der Waals surface area (Å²) in [6.45, 7) is -0.186. The molecule has 1 aliphatic rings. The number of carbonyl (C=O) groups excluding carboxylic acids is 2. The molecule has 1 atom stereocenters. The van der Waals surface area contributed by atoms with Gasteiger partial charge in [0.1, 0.15) is 23.9 Å². The molecule has 1 fully saturated rings. The zero-order chi connectivity index (χ0) is 27.4. The summed E-state index contributed by atoms with van der Waals surface area (Å²) in [6, 6.07) is 17.2. The fourth-order valence-electron chi connectivity index (χ4n) is 5.09. The first-order valence-corrected chi connectivity index (χ1v) is 13.0. The van der Waals surface area contributed by atoms with Gasteiger partial charge < -0.3 is 20.3 Å². The number of aromatic hydroxyl groups is 2. The van der Waals surface area contributed by atoms with E-state index < -0.39 is 11.9 Å². The topological polar surface area (TPSA) is 130 Å². The predicted octanol–water partition coefficient (Wildman–Crippen LogP) is 4.07. The number of phenols is 2. The van der Waals surface area contributed by atoms with Gasteiger partial charge in [-0.2, -0.15) is 0 Å². The molecule has 4 aromatic rings. The molecule has 202 valence electrons. The van der Waals surface area contributed by atoms with Crippen LogP contribution in [0.2, 0.25) is 0 Å². The summed E-state index contributed by atoms with van der Waals surface area (Å²) in [6.07, 6.45) is 4.89. The molecule has 1 heterocycles. The second kappa shape index (κ2) is 11.4. The van der Waals surface area contributed by atoms with Crippen molar-refractivity contribution in [3.8, 4) is 17.2 Å². The number of methoxy groups -OCH3 is 1. The van der Waals surface area contributed by atoms with Crippen LogP contribution in [-0.2, 0) is 16.1 Å². The molecule has 0 saturated heterocycles. The number of amides is 2. The summed E-state index contributed by atoms with van der Waals surface area (Å²) in [5.74, 6) is -1.000. The van der Waals surface area contributed by atoms with Crippen LogP contribution in [0.3, 0.4) is 0 Å². The molecule has 1 saturated carbocycles. The number of anilines is 1. The number of carbonyl (C=O) groups is 2. The molecular formula is C29H31N5O5. The number of ether oxygens (including phenoxy) is 1. The highest BCUT2D eigenvalue weighted by Gasteiger charge is 2.35. The van der Waals surface area contributed by atoms with Gasteiger partial charge in [-0.05, 0) is 54.8 Å². The highest BCUT2D eigenvalue weighted by atomic mass is 16.5. The van der Waals surface area contributed by atoms with E-state index in [0.717, 1.165) is 32.1 Å². The van der Waals surface area contributed by atoms with Gasteiger partial charge in [0.15, 0.2) is 11.5 Å². The van der Waals surface area contributed by atoms with Crippen molar-refractivity contribution in [2.75, 3.05) is 12.0 Å². The fraction of sp³-hybridized carbons (Fsp3) is 0.310. The van der Waals surface area contributed by atoms with E-state index in [-0.39, 0.29) is 30.0 Å². The van der Waals surface area contributed by atoms with Gasteiger partial charge in [0.25, 0.3) is 0 Å². The Bertz CT molecular complexity index is 1480. The molecular weight excluding hydrogens is 498 g/mol. The largest absolute Gasteiger partial charge is 0.504 e. The lowest BCUT2D eigenvalue weighted by atomic mass is 9.94. The zero-order valence-electron chi connectivity index (χ0n) is 21.7. The van der Waals surface area contributed by atoms with Crippen LogP contribution >= 0.6 is 0 Å². The monoisotopic (exact) mass is 529 g/mol. The Labute approximate surface area is 225 Å². The maximum absolute atomic E-state index is 14.1. The standard InChI is InChI=1S/C29H31N5O5/c1-39-22-11-7-10-21(17-22)34(27(37)18-33-24-13-6-5-12-23(24)31-32-33)28(19-14-15-25(35)26(36)16-19)29(38)30-20-8-3-2-4-9-20/h5-7,10-17,20,28,35-36H,2-4,8-9,18H2,1H3,(H,30,38). The Morgan fingerprint density at radius 3 is 2.59 bits per heavy atom. The molecule has 0 spiro atoms. The molecule has 1 aliphatic carbocycles. The van der Waals surface area contributed by atoms with E-state index in [2.05, 4.69) is 15.6 Å². The average Bonchev–Trinajstić information content (AvgIpc) is 3.36. The Morgan fingerprint density at radius 2 is 1.82 bits per heavy atom. The summed E-state index contributed by atoms with van der Waals surface area (Å²) < 4.78 is 6.91. The van der Waals surface area contributed by atoms with Gasteiger partial charge in [0, 0.05) is 17.8 Å². The normalized spacial score (nSPS) is 14.6. The third-order valence-electron chi connectivity index (χ3n) is 7.08. The number of aromatic nitrogens is 3. The van der Waals surface area contributed by atoms with Crippen LogP contribution in [0.25, 0.3) is 11.0 Å². The van der Waals surface area contributed by atoms with Crippen LogP contribution < -0.4 is 15.0 Å². The van der Waals surface area contributed by atoms with Crippen molar-refractivity contribution in [2.24, 2.45) is 0 Å². The minimum absolute atomic E-state index is 0.0130. The van der Waals surface area contributed by atoms with E-state index >= 15 is 0 Å². The number of para-hydroxylation sites is 1. The van der Waals surface area contributed by atoms with Crippen LogP contribution in [0.1, 0.15) is 43.7 Å². The summed E-state index contributed by atoms with van der Waals surface area (Å²) in [7, 11) is 1.53. The molecule has 3 aromatic carbocycles. The Kier molecular flexibility index (Phi) is 7.62. The third kappa shape index (κ3) is 5.64. The van der Waals surface area contributed by atoms with Crippen molar-refractivity contribution in [3.63, 3.8) is 0 Å². The minimum Gasteiger partial charge on any atom is -0.504 e. The molecule has 10 nitrogen and oxygen atoms in total. The lowest BCUT2D eigenvalue weighted by Crippen LogP contribution is -2.48. The van der Waals surface area contributed by atoms with Crippen LogP contribution in [-0.4, -0.2) is 50.2 Å².